The van der Waals surface area contributed by atoms with Crippen LogP contribution in [0, 0.1) is 47.5 Å². The van der Waals surface area contributed by atoms with E-state index in [0.29, 0.717) is 0 Å². The zero-order valence-electron chi connectivity index (χ0n) is 28.8. The molecule has 0 saturated heterocycles. The lowest BCUT2D eigenvalue weighted by Gasteiger charge is -1.99. The molecular weight excluding hydrogens is 595 g/mol. The zero-order chi connectivity index (χ0) is 34.2. The van der Waals surface area contributed by atoms with Crippen LogP contribution in [-0.4, -0.2) is 9.97 Å². The van der Waals surface area contributed by atoms with Crippen LogP contribution in [0.2, 0.25) is 5.15 Å². The van der Waals surface area contributed by atoms with E-state index in [1.807, 2.05) is 68.1 Å². The largest absolute Gasteiger partial charge is 0.424 e. The molecule has 0 fully saturated rings. The summed E-state index contributed by atoms with van der Waals surface area (Å²) in [6.45, 7) is 12.3. The highest BCUT2D eigenvalue weighted by Crippen LogP contribution is 2.16. The van der Waals surface area contributed by atoms with Crippen LogP contribution >= 0.6 is 11.6 Å². The zero-order valence-corrected chi connectivity index (χ0v) is 29.6. The van der Waals surface area contributed by atoms with E-state index in [9.17, 15) is 4.39 Å². The van der Waals surface area contributed by atoms with Gasteiger partial charge >= 0.3 is 11.1 Å². The third-order valence-electron chi connectivity index (χ3n) is 6.62. The van der Waals surface area contributed by atoms with Crippen LogP contribution in [0.15, 0.2) is 110 Å². The highest BCUT2D eigenvalue weighted by atomic mass is 35.5. The molecule has 3 aromatic heterocycles. The average molecular weight is 643 g/mol. The number of benzene rings is 3. The maximum atomic E-state index is 12.5. The summed E-state index contributed by atoms with van der Waals surface area (Å²) >= 11 is 5.76. The van der Waals surface area contributed by atoms with Crippen molar-refractivity contribution in [2.75, 3.05) is 0 Å². The first-order chi connectivity index (χ1) is 21.7. The van der Waals surface area contributed by atoms with Crippen molar-refractivity contribution >= 4 is 22.4 Å². The van der Waals surface area contributed by atoms with E-state index in [4.69, 9.17) is 11.6 Å². The maximum absolute atomic E-state index is 12.5. The van der Waals surface area contributed by atoms with Gasteiger partial charge in [0, 0.05) is 12.4 Å². The fourth-order valence-electron chi connectivity index (χ4n) is 3.74. The van der Waals surface area contributed by atoms with Crippen molar-refractivity contribution in [3.8, 4) is 0 Å². The molecule has 240 valence electrons. The van der Waals surface area contributed by atoms with Gasteiger partial charge in [-0.25, -0.2) is 9.97 Å². The Morgan fingerprint density at radius 2 is 0.935 bits per heavy atom. The Morgan fingerprint density at radius 3 is 1.30 bits per heavy atom. The topological polar surface area (TPSA) is 41.3 Å². The number of fused-ring (bicyclic) bond motifs is 1. The van der Waals surface area contributed by atoms with Crippen molar-refractivity contribution in [3.05, 3.63) is 155 Å². The van der Waals surface area contributed by atoms with E-state index < -0.39 is 0 Å². The highest BCUT2D eigenvalue weighted by molar-refractivity contribution is 6.28. The SMILES string of the molecule is C[n+]1cc[n+](C)c(Cl)c1.C[n+]1cc[n+](C)c(F)c1.Cc1ccc(C)cc1.Cc1ccc2cc(C)ccc2c1.Cc1cnc(C)nc1. The molecule has 46 heavy (non-hydrogen) atoms. The van der Waals surface area contributed by atoms with Crippen LogP contribution in [0.1, 0.15) is 33.6 Å². The van der Waals surface area contributed by atoms with E-state index in [1.165, 1.54) is 43.8 Å². The average Bonchev–Trinajstić information content (AvgIpc) is 3.02. The monoisotopic (exact) mass is 642 g/mol. The number of hydrogen-bond donors (Lipinski definition) is 0. The summed E-state index contributed by atoms with van der Waals surface area (Å²) in [7, 11) is 7.28. The van der Waals surface area contributed by atoms with E-state index in [0.717, 1.165) is 16.5 Å². The lowest BCUT2D eigenvalue weighted by atomic mass is 10.1. The fraction of sp³-hybridized carbons (Fsp3) is 0.263. The summed E-state index contributed by atoms with van der Waals surface area (Å²) in [5.41, 5.74) is 6.42. The van der Waals surface area contributed by atoms with E-state index in [1.54, 1.807) is 31.1 Å². The van der Waals surface area contributed by atoms with Gasteiger partial charge in [-0.3, -0.25) is 0 Å². The van der Waals surface area contributed by atoms with E-state index >= 15 is 0 Å². The molecule has 0 N–H and O–H groups in total. The van der Waals surface area contributed by atoms with Crippen molar-refractivity contribution < 1.29 is 22.7 Å². The Labute approximate surface area is 279 Å². The molecule has 0 bridgehead atoms. The van der Waals surface area contributed by atoms with Crippen molar-refractivity contribution in [1.82, 2.24) is 9.97 Å². The number of aryl methyl sites for hydroxylation is 10. The van der Waals surface area contributed by atoms with Gasteiger partial charge in [0.25, 0.3) is 12.4 Å². The number of aromatic nitrogens is 6. The Bertz CT molecular complexity index is 1630. The molecule has 0 aliphatic heterocycles. The third-order valence-corrected chi connectivity index (χ3v) is 6.99. The van der Waals surface area contributed by atoms with Gasteiger partial charge in [-0.05, 0) is 69.5 Å². The molecule has 6 aromatic rings. The minimum absolute atomic E-state index is 0.236. The number of nitrogens with zero attached hydrogens (tertiary/aromatic N) is 6. The molecule has 0 aliphatic rings. The first kappa shape index (κ1) is 37.6. The van der Waals surface area contributed by atoms with Crippen molar-refractivity contribution in [3.63, 3.8) is 0 Å². The van der Waals surface area contributed by atoms with Gasteiger partial charge in [-0.2, -0.15) is 18.3 Å². The lowest BCUT2D eigenvalue weighted by Crippen LogP contribution is -2.40. The summed E-state index contributed by atoms with van der Waals surface area (Å²) in [6.07, 6.45) is 14.2. The number of hydrogen-bond acceptors (Lipinski definition) is 2. The molecule has 0 unspecified atom stereocenters. The Hall–Kier alpha value is -4.62. The summed E-state index contributed by atoms with van der Waals surface area (Å²) in [5, 5.41) is 3.40. The van der Waals surface area contributed by atoms with Gasteiger partial charge in [-0.15, -0.1) is 4.39 Å². The van der Waals surface area contributed by atoms with Crippen LogP contribution in [-0.2, 0) is 28.2 Å². The fourth-order valence-corrected chi connectivity index (χ4v) is 3.95. The van der Waals surface area contributed by atoms with Crippen molar-refractivity contribution in [2.24, 2.45) is 28.2 Å². The van der Waals surface area contributed by atoms with Crippen LogP contribution in [0.5, 0.6) is 0 Å². The van der Waals surface area contributed by atoms with Gasteiger partial charge in [0.2, 0.25) is 24.8 Å². The summed E-state index contributed by atoms with van der Waals surface area (Å²) < 4.78 is 19.4. The standard InChI is InChI=1S/C12H12.C8H10.C6H9ClN2.C6H9FN2.C6H8N2/c1-9-3-5-12-8-10(2)4-6-11(12)7-9;1-7-3-5-8(2)6-4-7;2*1-8-3-4-9(2)6(7)5-8;1-5-3-7-6(2)8-4-5/h3-8H,1-2H3;3-6H,1-2H3;2*3-5H,1-2H3;3-4H,1-2H3/q;;2*+2;. The summed E-state index contributed by atoms with van der Waals surface area (Å²) in [5.74, 6) is 0.593. The number of rotatable bonds is 0. The second-order valence-electron chi connectivity index (χ2n) is 11.4. The van der Waals surface area contributed by atoms with Gasteiger partial charge < -0.3 is 0 Å². The molecule has 0 saturated carbocycles. The van der Waals surface area contributed by atoms with Crippen LogP contribution < -0.4 is 18.3 Å². The van der Waals surface area contributed by atoms with Crippen molar-refractivity contribution in [2.45, 2.75) is 41.5 Å². The Morgan fingerprint density at radius 1 is 0.522 bits per heavy atom. The second-order valence-corrected chi connectivity index (χ2v) is 11.8. The molecule has 6 rings (SSSR count). The van der Waals surface area contributed by atoms with Gasteiger partial charge in [-0.1, -0.05) is 82.9 Å². The molecule has 0 spiro atoms. The second kappa shape index (κ2) is 19.0. The minimum Gasteiger partial charge on any atom is -0.241 e. The van der Waals surface area contributed by atoms with Gasteiger partial charge in [0.15, 0.2) is 0 Å². The maximum Gasteiger partial charge on any atom is 0.424 e. The Balaban J connectivity index is 0.000000202. The lowest BCUT2D eigenvalue weighted by molar-refractivity contribution is -0.747. The van der Waals surface area contributed by atoms with Crippen LogP contribution in [0.4, 0.5) is 4.39 Å². The van der Waals surface area contributed by atoms with Crippen LogP contribution in [0.25, 0.3) is 10.8 Å². The molecule has 0 radical (unpaired) electrons. The van der Waals surface area contributed by atoms with Crippen LogP contribution in [0.3, 0.4) is 0 Å². The predicted molar refractivity (Wildman–Crippen MR) is 183 cm³/mol. The van der Waals surface area contributed by atoms with E-state index in [-0.39, 0.29) is 5.95 Å². The molecule has 0 aliphatic carbocycles. The van der Waals surface area contributed by atoms with Gasteiger partial charge in [0.1, 0.15) is 34.0 Å². The third kappa shape index (κ3) is 14.4. The predicted octanol–water partition coefficient (Wildman–Crippen LogP) is 6.32. The molecule has 3 heterocycles. The molecular formula is C38H48ClFN6+4. The molecule has 3 aromatic carbocycles. The molecule has 8 heteroatoms. The van der Waals surface area contributed by atoms with E-state index in [2.05, 4.69) is 98.3 Å². The molecule has 6 nitrogen and oxygen atoms in total. The highest BCUT2D eigenvalue weighted by Gasteiger charge is 2.08. The number of halogens is 2. The van der Waals surface area contributed by atoms with Crippen molar-refractivity contribution in [1.29, 1.82) is 0 Å². The van der Waals surface area contributed by atoms with Gasteiger partial charge in [0.05, 0.1) is 0 Å². The summed E-state index contributed by atoms with van der Waals surface area (Å²) in [6, 6.07) is 21.6. The smallest absolute Gasteiger partial charge is 0.241 e. The summed E-state index contributed by atoms with van der Waals surface area (Å²) in [4.78, 5) is 7.94. The Kier molecular flexibility index (Phi) is 15.5. The first-order valence-corrected chi connectivity index (χ1v) is 15.4. The first-order valence-electron chi connectivity index (χ1n) is 15.0. The molecule has 0 amide bonds. The normalized spacial score (nSPS) is 9.74. The quantitative estimate of drug-likeness (QED) is 0.182. The molecule has 0 atom stereocenters. The minimum atomic E-state index is -0.236.